The van der Waals surface area contributed by atoms with E-state index >= 15 is 0 Å². The highest BCUT2D eigenvalue weighted by Crippen LogP contribution is 2.16. The third-order valence-electron chi connectivity index (χ3n) is 2.94. The van der Waals surface area contributed by atoms with Crippen LogP contribution in [0.3, 0.4) is 0 Å². The van der Waals surface area contributed by atoms with Gasteiger partial charge in [0.05, 0.1) is 5.56 Å². The lowest BCUT2D eigenvalue weighted by Gasteiger charge is -2.04. The molecule has 1 aromatic carbocycles. The van der Waals surface area contributed by atoms with Crippen molar-refractivity contribution < 1.29 is 9.21 Å². The van der Waals surface area contributed by atoms with Crippen molar-refractivity contribution in [3.05, 3.63) is 59.7 Å². The summed E-state index contributed by atoms with van der Waals surface area (Å²) < 4.78 is 5.41. The number of nitrogens with zero attached hydrogens (tertiary/aromatic N) is 2. The Morgan fingerprint density at radius 3 is 2.95 bits per heavy atom. The minimum Gasteiger partial charge on any atom is -0.441 e. The van der Waals surface area contributed by atoms with Crippen molar-refractivity contribution in [1.82, 2.24) is 15.3 Å². The second-order valence-corrected chi connectivity index (χ2v) is 4.46. The summed E-state index contributed by atoms with van der Waals surface area (Å²) in [6.45, 7) is 2.25. The number of hydrogen-bond donors (Lipinski definition) is 1. The Morgan fingerprint density at radius 2 is 2.19 bits per heavy atom. The van der Waals surface area contributed by atoms with Crippen LogP contribution in [0.2, 0.25) is 0 Å². The molecule has 6 heteroatoms. The summed E-state index contributed by atoms with van der Waals surface area (Å²) in [7, 11) is 0. The zero-order valence-electron chi connectivity index (χ0n) is 11.4. The first-order chi connectivity index (χ1) is 9.72. The van der Waals surface area contributed by atoms with Crippen LogP contribution in [0, 0.1) is 6.92 Å². The molecule has 2 aromatic heterocycles. The van der Waals surface area contributed by atoms with Crippen molar-refractivity contribution in [2.24, 2.45) is 0 Å². The molecule has 108 valence electrons. The van der Waals surface area contributed by atoms with Crippen LogP contribution in [0.25, 0.3) is 11.1 Å². The van der Waals surface area contributed by atoms with Gasteiger partial charge in [0.25, 0.3) is 5.91 Å². The van der Waals surface area contributed by atoms with Crippen LogP contribution in [-0.2, 0) is 6.54 Å². The monoisotopic (exact) mass is 303 g/mol. The number of aromatic nitrogens is 2. The molecule has 0 aliphatic heterocycles. The van der Waals surface area contributed by atoms with Crippen LogP contribution >= 0.6 is 12.4 Å². The van der Waals surface area contributed by atoms with E-state index < -0.39 is 0 Å². The number of nitrogens with one attached hydrogen (secondary N) is 1. The van der Waals surface area contributed by atoms with Crippen LogP contribution in [0.4, 0.5) is 0 Å². The molecule has 0 saturated heterocycles. The van der Waals surface area contributed by atoms with Crippen LogP contribution in [0.15, 0.2) is 47.1 Å². The summed E-state index contributed by atoms with van der Waals surface area (Å²) in [6.07, 6.45) is 3.18. The van der Waals surface area contributed by atoms with Gasteiger partial charge in [0.15, 0.2) is 11.5 Å². The first-order valence-corrected chi connectivity index (χ1v) is 6.27. The van der Waals surface area contributed by atoms with Gasteiger partial charge < -0.3 is 9.73 Å². The van der Waals surface area contributed by atoms with Crippen LogP contribution in [-0.4, -0.2) is 15.9 Å². The zero-order valence-corrected chi connectivity index (χ0v) is 12.2. The lowest BCUT2D eigenvalue weighted by Crippen LogP contribution is -2.22. The van der Waals surface area contributed by atoms with E-state index in [1.807, 2.05) is 25.1 Å². The van der Waals surface area contributed by atoms with Gasteiger partial charge in [0.1, 0.15) is 5.52 Å². The van der Waals surface area contributed by atoms with E-state index in [0.29, 0.717) is 18.0 Å². The standard InChI is InChI=1S/C15H13N3O2.ClH/c1-10-18-13-7-11(4-5-14(13)20-10)8-17-15(19)12-3-2-6-16-9-12;/h2-7,9H,8H2,1H3,(H,17,19);1H. The van der Waals surface area contributed by atoms with Crippen LogP contribution < -0.4 is 5.32 Å². The molecule has 0 bridgehead atoms. The fourth-order valence-electron chi connectivity index (χ4n) is 1.98. The highest BCUT2D eigenvalue weighted by molar-refractivity contribution is 5.93. The molecule has 0 aliphatic rings. The minimum absolute atomic E-state index is 0. The van der Waals surface area contributed by atoms with Gasteiger partial charge in [0, 0.05) is 25.9 Å². The van der Waals surface area contributed by atoms with E-state index in [0.717, 1.165) is 16.7 Å². The number of aryl methyl sites for hydroxylation is 1. The average molecular weight is 304 g/mol. The van der Waals surface area contributed by atoms with Crippen LogP contribution in [0.5, 0.6) is 0 Å². The van der Waals surface area contributed by atoms with E-state index in [4.69, 9.17) is 4.42 Å². The van der Waals surface area contributed by atoms with Gasteiger partial charge in [-0.2, -0.15) is 0 Å². The van der Waals surface area contributed by atoms with E-state index in [1.54, 1.807) is 24.5 Å². The molecule has 3 rings (SSSR count). The van der Waals surface area contributed by atoms with Gasteiger partial charge in [-0.3, -0.25) is 9.78 Å². The molecule has 0 unspecified atom stereocenters. The molecule has 0 saturated carbocycles. The van der Waals surface area contributed by atoms with Gasteiger partial charge >= 0.3 is 0 Å². The SMILES string of the molecule is Cc1nc2cc(CNC(=O)c3cccnc3)ccc2o1.Cl. The van der Waals surface area contributed by atoms with Crippen LogP contribution in [0.1, 0.15) is 21.8 Å². The van der Waals surface area contributed by atoms with E-state index in [2.05, 4.69) is 15.3 Å². The number of oxazole rings is 1. The number of rotatable bonds is 3. The number of fused-ring (bicyclic) bond motifs is 1. The predicted octanol–water partition coefficient (Wildman–Crippen LogP) is 2.88. The topological polar surface area (TPSA) is 68.0 Å². The summed E-state index contributed by atoms with van der Waals surface area (Å²) in [5.41, 5.74) is 3.08. The second kappa shape index (κ2) is 6.37. The van der Waals surface area contributed by atoms with E-state index in [9.17, 15) is 4.79 Å². The van der Waals surface area contributed by atoms with Gasteiger partial charge in [-0.05, 0) is 29.8 Å². The lowest BCUT2D eigenvalue weighted by molar-refractivity contribution is 0.0950. The van der Waals surface area contributed by atoms with E-state index in [1.165, 1.54) is 0 Å². The molecule has 21 heavy (non-hydrogen) atoms. The maximum absolute atomic E-state index is 11.9. The number of carbonyl (C=O) groups is 1. The quantitative estimate of drug-likeness (QED) is 0.808. The molecule has 1 N–H and O–H groups in total. The number of carbonyl (C=O) groups excluding carboxylic acids is 1. The number of pyridine rings is 1. The Bertz CT molecular complexity index is 756. The third kappa shape index (κ3) is 3.38. The molecule has 0 atom stereocenters. The van der Waals surface area contributed by atoms with Gasteiger partial charge in [-0.1, -0.05) is 6.07 Å². The van der Waals surface area contributed by atoms with E-state index in [-0.39, 0.29) is 18.3 Å². The highest BCUT2D eigenvalue weighted by atomic mass is 35.5. The molecular formula is C15H14ClN3O2. The Kier molecular flexibility index (Phi) is 4.55. The van der Waals surface area contributed by atoms with Crippen molar-refractivity contribution >= 4 is 29.4 Å². The lowest BCUT2D eigenvalue weighted by atomic mass is 10.2. The first kappa shape index (κ1) is 15.0. The average Bonchev–Trinajstić information content (AvgIpc) is 2.85. The molecule has 2 heterocycles. The summed E-state index contributed by atoms with van der Waals surface area (Å²) in [5.74, 6) is 0.492. The van der Waals surface area contributed by atoms with Crippen molar-refractivity contribution in [3.63, 3.8) is 0 Å². The maximum atomic E-state index is 11.9. The smallest absolute Gasteiger partial charge is 0.253 e. The minimum atomic E-state index is -0.144. The largest absolute Gasteiger partial charge is 0.441 e. The Labute approximate surface area is 127 Å². The Hall–Kier alpha value is -2.40. The molecule has 0 fully saturated rings. The van der Waals surface area contributed by atoms with Gasteiger partial charge in [-0.25, -0.2) is 4.98 Å². The molecule has 0 spiro atoms. The molecule has 3 aromatic rings. The molecular weight excluding hydrogens is 290 g/mol. The second-order valence-electron chi connectivity index (χ2n) is 4.46. The van der Waals surface area contributed by atoms with Crippen molar-refractivity contribution in [1.29, 1.82) is 0 Å². The van der Waals surface area contributed by atoms with Crippen molar-refractivity contribution in [2.75, 3.05) is 0 Å². The first-order valence-electron chi connectivity index (χ1n) is 6.27. The summed E-state index contributed by atoms with van der Waals surface area (Å²) in [4.78, 5) is 20.1. The number of hydrogen-bond acceptors (Lipinski definition) is 4. The number of amides is 1. The zero-order chi connectivity index (χ0) is 13.9. The highest BCUT2D eigenvalue weighted by Gasteiger charge is 2.06. The fraction of sp³-hybridized carbons (Fsp3) is 0.133. The number of halogens is 1. The van der Waals surface area contributed by atoms with Gasteiger partial charge in [0.2, 0.25) is 0 Å². The third-order valence-corrected chi connectivity index (χ3v) is 2.94. The molecule has 0 aliphatic carbocycles. The predicted molar refractivity (Wildman–Crippen MR) is 81.4 cm³/mol. The number of benzene rings is 1. The normalized spacial score (nSPS) is 10.1. The Balaban J connectivity index is 0.00000161. The Morgan fingerprint density at radius 1 is 1.33 bits per heavy atom. The molecule has 0 radical (unpaired) electrons. The summed E-state index contributed by atoms with van der Waals surface area (Å²) in [5, 5.41) is 2.85. The molecule has 5 nitrogen and oxygen atoms in total. The summed E-state index contributed by atoms with van der Waals surface area (Å²) >= 11 is 0. The maximum Gasteiger partial charge on any atom is 0.253 e. The summed E-state index contributed by atoms with van der Waals surface area (Å²) in [6, 6.07) is 9.15. The van der Waals surface area contributed by atoms with Crippen molar-refractivity contribution in [3.8, 4) is 0 Å². The molecule has 1 amide bonds. The van der Waals surface area contributed by atoms with Crippen molar-refractivity contribution in [2.45, 2.75) is 13.5 Å². The fourth-order valence-corrected chi connectivity index (χ4v) is 1.98. The van der Waals surface area contributed by atoms with Gasteiger partial charge in [-0.15, -0.1) is 12.4 Å².